The Hall–Kier alpha value is -0.980. The minimum atomic E-state index is 0.401. The summed E-state index contributed by atoms with van der Waals surface area (Å²) in [7, 11) is 0. The third-order valence-electron chi connectivity index (χ3n) is 3.03. The van der Waals surface area contributed by atoms with Gasteiger partial charge in [0.25, 0.3) is 0 Å². The van der Waals surface area contributed by atoms with Gasteiger partial charge in [-0.25, -0.2) is 0 Å². The standard InChI is InChI=1S/C15H24O/c1-5-7-12-9-10-14(16)15(11(3)4)13(12)8-6-2/h9-11,16H,5-8H2,1-4H3. The van der Waals surface area contributed by atoms with Crippen LogP contribution in [0, 0.1) is 0 Å². The third kappa shape index (κ3) is 2.78. The van der Waals surface area contributed by atoms with Crippen LogP contribution in [0.2, 0.25) is 0 Å². The molecule has 1 N–H and O–H groups in total. The van der Waals surface area contributed by atoms with Crippen molar-refractivity contribution in [1.82, 2.24) is 0 Å². The Morgan fingerprint density at radius 1 is 1.06 bits per heavy atom. The Balaban J connectivity index is 3.25. The van der Waals surface area contributed by atoms with Gasteiger partial charge in [-0.3, -0.25) is 0 Å². The summed E-state index contributed by atoms with van der Waals surface area (Å²) in [4.78, 5) is 0. The molecule has 0 saturated carbocycles. The van der Waals surface area contributed by atoms with Crippen molar-refractivity contribution >= 4 is 0 Å². The summed E-state index contributed by atoms with van der Waals surface area (Å²) in [6, 6.07) is 3.95. The molecule has 0 amide bonds. The zero-order valence-corrected chi connectivity index (χ0v) is 11.0. The molecule has 0 aliphatic carbocycles. The van der Waals surface area contributed by atoms with E-state index < -0.39 is 0 Å². The van der Waals surface area contributed by atoms with Gasteiger partial charge in [-0.15, -0.1) is 0 Å². The fourth-order valence-corrected chi connectivity index (χ4v) is 2.39. The summed E-state index contributed by atoms with van der Waals surface area (Å²) in [6.07, 6.45) is 4.51. The van der Waals surface area contributed by atoms with Gasteiger partial charge in [-0.05, 0) is 41.5 Å². The topological polar surface area (TPSA) is 20.2 Å². The van der Waals surface area contributed by atoms with Crippen LogP contribution in [-0.2, 0) is 12.8 Å². The molecule has 0 aromatic heterocycles. The number of benzene rings is 1. The fraction of sp³-hybridized carbons (Fsp3) is 0.600. The second-order valence-electron chi connectivity index (χ2n) is 4.79. The van der Waals surface area contributed by atoms with E-state index in [0.29, 0.717) is 11.7 Å². The van der Waals surface area contributed by atoms with Gasteiger partial charge in [0, 0.05) is 0 Å². The molecule has 0 fully saturated rings. The summed E-state index contributed by atoms with van der Waals surface area (Å²) in [5.41, 5.74) is 3.97. The Labute approximate surface area is 99.5 Å². The van der Waals surface area contributed by atoms with Crippen LogP contribution in [0.25, 0.3) is 0 Å². The molecular formula is C15H24O. The highest BCUT2D eigenvalue weighted by atomic mass is 16.3. The quantitative estimate of drug-likeness (QED) is 0.778. The van der Waals surface area contributed by atoms with Gasteiger partial charge in [0.1, 0.15) is 5.75 Å². The molecule has 0 saturated heterocycles. The first-order valence-electron chi connectivity index (χ1n) is 6.45. The van der Waals surface area contributed by atoms with E-state index in [4.69, 9.17) is 0 Å². The van der Waals surface area contributed by atoms with Crippen LogP contribution in [0.3, 0.4) is 0 Å². The van der Waals surface area contributed by atoms with E-state index in [1.165, 1.54) is 17.5 Å². The molecule has 1 nitrogen and oxygen atoms in total. The second-order valence-corrected chi connectivity index (χ2v) is 4.79. The molecule has 0 atom stereocenters. The molecule has 16 heavy (non-hydrogen) atoms. The Morgan fingerprint density at radius 2 is 1.69 bits per heavy atom. The van der Waals surface area contributed by atoms with E-state index in [1.54, 1.807) is 0 Å². The lowest BCUT2D eigenvalue weighted by Crippen LogP contribution is -2.02. The number of aromatic hydroxyl groups is 1. The maximum Gasteiger partial charge on any atom is 0.119 e. The summed E-state index contributed by atoms with van der Waals surface area (Å²) in [5.74, 6) is 0.872. The predicted molar refractivity (Wildman–Crippen MR) is 70.2 cm³/mol. The van der Waals surface area contributed by atoms with E-state index in [2.05, 4.69) is 33.8 Å². The van der Waals surface area contributed by atoms with E-state index in [0.717, 1.165) is 24.8 Å². The van der Waals surface area contributed by atoms with Gasteiger partial charge in [0.05, 0.1) is 0 Å². The molecule has 1 rings (SSSR count). The van der Waals surface area contributed by atoms with Crippen molar-refractivity contribution in [2.24, 2.45) is 0 Å². The number of phenols is 1. The Morgan fingerprint density at radius 3 is 2.19 bits per heavy atom. The van der Waals surface area contributed by atoms with Gasteiger partial charge < -0.3 is 5.11 Å². The highest BCUT2D eigenvalue weighted by Gasteiger charge is 2.14. The summed E-state index contributed by atoms with van der Waals surface area (Å²) >= 11 is 0. The van der Waals surface area contributed by atoms with Gasteiger partial charge in [0.2, 0.25) is 0 Å². The van der Waals surface area contributed by atoms with Gasteiger partial charge in [-0.1, -0.05) is 46.6 Å². The molecule has 0 aliphatic heterocycles. The average Bonchev–Trinajstić information content (AvgIpc) is 2.22. The number of aryl methyl sites for hydroxylation is 1. The number of phenolic OH excluding ortho intramolecular Hbond substituents is 1. The van der Waals surface area contributed by atoms with Crippen molar-refractivity contribution in [2.45, 2.75) is 59.3 Å². The van der Waals surface area contributed by atoms with Crippen molar-refractivity contribution in [3.63, 3.8) is 0 Å². The van der Waals surface area contributed by atoms with E-state index in [1.807, 2.05) is 6.07 Å². The second kappa shape index (κ2) is 5.93. The van der Waals surface area contributed by atoms with Gasteiger partial charge in [-0.2, -0.15) is 0 Å². The molecule has 1 aromatic carbocycles. The predicted octanol–water partition coefficient (Wildman–Crippen LogP) is 4.42. The highest BCUT2D eigenvalue weighted by molar-refractivity contribution is 5.46. The van der Waals surface area contributed by atoms with Crippen molar-refractivity contribution in [3.8, 4) is 5.75 Å². The highest BCUT2D eigenvalue weighted by Crippen LogP contribution is 2.32. The van der Waals surface area contributed by atoms with Crippen molar-refractivity contribution in [1.29, 1.82) is 0 Å². The van der Waals surface area contributed by atoms with E-state index in [9.17, 15) is 5.11 Å². The zero-order chi connectivity index (χ0) is 12.1. The maximum atomic E-state index is 9.98. The van der Waals surface area contributed by atoms with E-state index >= 15 is 0 Å². The SMILES string of the molecule is CCCc1ccc(O)c(C(C)C)c1CCC. The number of hydrogen-bond acceptors (Lipinski definition) is 1. The van der Waals surface area contributed by atoms with Crippen molar-refractivity contribution < 1.29 is 5.11 Å². The van der Waals surface area contributed by atoms with Crippen molar-refractivity contribution in [2.75, 3.05) is 0 Å². The van der Waals surface area contributed by atoms with Gasteiger partial charge >= 0.3 is 0 Å². The molecular weight excluding hydrogens is 196 g/mol. The number of rotatable bonds is 5. The molecule has 0 spiro atoms. The number of hydrogen-bond donors (Lipinski definition) is 1. The molecule has 0 unspecified atom stereocenters. The maximum absolute atomic E-state index is 9.98. The lowest BCUT2D eigenvalue weighted by atomic mass is 9.88. The Bertz CT molecular complexity index is 340. The molecule has 0 heterocycles. The first kappa shape index (κ1) is 13.1. The van der Waals surface area contributed by atoms with Crippen LogP contribution in [0.15, 0.2) is 12.1 Å². The largest absolute Gasteiger partial charge is 0.508 e. The molecule has 0 bridgehead atoms. The summed E-state index contributed by atoms with van der Waals surface area (Å²) in [5, 5.41) is 9.98. The molecule has 1 aromatic rings. The molecule has 0 aliphatic rings. The first-order valence-corrected chi connectivity index (χ1v) is 6.45. The third-order valence-corrected chi connectivity index (χ3v) is 3.03. The van der Waals surface area contributed by atoms with E-state index in [-0.39, 0.29) is 0 Å². The summed E-state index contributed by atoms with van der Waals surface area (Å²) in [6.45, 7) is 8.72. The normalized spacial score (nSPS) is 11.1. The minimum absolute atomic E-state index is 0.401. The lowest BCUT2D eigenvalue weighted by molar-refractivity contribution is 0.462. The lowest BCUT2D eigenvalue weighted by Gasteiger charge is -2.18. The minimum Gasteiger partial charge on any atom is -0.508 e. The Kier molecular flexibility index (Phi) is 4.85. The van der Waals surface area contributed by atoms with Crippen LogP contribution < -0.4 is 0 Å². The average molecular weight is 220 g/mol. The van der Waals surface area contributed by atoms with Crippen LogP contribution in [0.1, 0.15) is 63.1 Å². The molecule has 0 radical (unpaired) electrons. The van der Waals surface area contributed by atoms with Crippen molar-refractivity contribution in [3.05, 3.63) is 28.8 Å². The van der Waals surface area contributed by atoms with Crippen LogP contribution in [0.5, 0.6) is 5.75 Å². The molecule has 90 valence electrons. The van der Waals surface area contributed by atoms with Crippen LogP contribution in [0.4, 0.5) is 0 Å². The van der Waals surface area contributed by atoms with Gasteiger partial charge in [0.15, 0.2) is 0 Å². The monoisotopic (exact) mass is 220 g/mol. The zero-order valence-electron chi connectivity index (χ0n) is 11.0. The fourth-order valence-electron chi connectivity index (χ4n) is 2.39. The van der Waals surface area contributed by atoms with Crippen LogP contribution in [-0.4, -0.2) is 5.11 Å². The molecule has 1 heteroatoms. The summed E-state index contributed by atoms with van der Waals surface area (Å²) < 4.78 is 0. The smallest absolute Gasteiger partial charge is 0.119 e. The van der Waals surface area contributed by atoms with Crippen LogP contribution >= 0.6 is 0 Å². The first-order chi connectivity index (χ1) is 7.61.